The van der Waals surface area contributed by atoms with E-state index in [9.17, 15) is 42.6 Å². The van der Waals surface area contributed by atoms with E-state index in [2.05, 4.69) is 37.5 Å². The van der Waals surface area contributed by atoms with Crippen molar-refractivity contribution in [2.75, 3.05) is 70.4 Å². The summed E-state index contributed by atoms with van der Waals surface area (Å²) in [6.07, 6.45) is 1.06. The fourth-order valence-corrected chi connectivity index (χ4v) is 9.23. The van der Waals surface area contributed by atoms with Gasteiger partial charge in [-0.05, 0) is 68.9 Å². The van der Waals surface area contributed by atoms with Gasteiger partial charge in [0.2, 0.25) is 29.6 Å². The van der Waals surface area contributed by atoms with Gasteiger partial charge in [0.05, 0.1) is 76.7 Å². The SMILES string of the molecule is CCOc1cccc(F)c1C#Cc1cn([C@@H]2C[C@H](CNS(N)(=O)=O)[C@@H](O)[C@H]2O)c2c1c(N)nc[n+]2Cc1ccc(NC(=O)[C@H](CCCNC(N)=O)CC(=O)[C@@H](NC(=O)CCOCCOCCOCCC(C)=O)C(C)C)cc1.[CH3-]. The molecule has 1 saturated carbocycles. The summed E-state index contributed by atoms with van der Waals surface area (Å²) in [6.45, 7) is 8.71. The lowest BCUT2D eigenvalue weighted by Crippen LogP contribution is -2.45. The van der Waals surface area contributed by atoms with Crippen molar-refractivity contribution >= 4 is 62.2 Å². The minimum atomic E-state index is -4.12. The highest BCUT2D eigenvalue weighted by molar-refractivity contribution is 7.87. The Balaban J connectivity index is 0.0000131. The van der Waals surface area contributed by atoms with Gasteiger partial charge in [-0.15, -0.1) is 0 Å². The van der Waals surface area contributed by atoms with Gasteiger partial charge in [-0.25, -0.2) is 23.6 Å². The molecule has 0 spiro atoms. The number of urea groups is 1. The molecule has 428 valence electrons. The van der Waals surface area contributed by atoms with Gasteiger partial charge in [-0.1, -0.05) is 48.9 Å². The number of ketones is 2. The number of hydrogen-bond donors (Lipinski definition) is 9. The van der Waals surface area contributed by atoms with Gasteiger partial charge in [0.1, 0.15) is 40.4 Å². The van der Waals surface area contributed by atoms with Crippen LogP contribution in [0.2, 0.25) is 0 Å². The minimum Gasteiger partial charge on any atom is -0.492 e. The van der Waals surface area contributed by atoms with Crippen molar-refractivity contribution in [1.29, 1.82) is 0 Å². The van der Waals surface area contributed by atoms with Crippen molar-refractivity contribution in [3.63, 3.8) is 0 Å². The molecule has 4 aromatic rings. The Morgan fingerprint density at radius 3 is 2.26 bits per heavy atom. The van der Waals surface area contributed by atoms with Crippen LogP contribution >= 0.6 is 0 Å². The number of carbonyl (C=O) groups excluding carboxylic acids is 5. The zero-order chi connectivity index (χ0) is 56.2. The molecule has 2 aromatic carbocycles. The third-order valence-corrected chi connectivity index (χ3v) is 13.3. The van der Waals surface area contributed by atoms with Crippen molar-refractivity contribution in [2.24, 2.45) is 28.6 Å². The normalized spacial score (nSPS) is 16.9. The molecule has 0 aliphatic heterocycles. The Bertz CT molecular complexity index is 2840. The Labute approximate surface area is 454 Å². The fraction of sp³-hybridized carbons (Fsp3) is 0.509. The van der Waals surface area contributed by atoms with E-state index in [0.29, 0.717) is 60.5 Å². The molecule has 5 rings (SSSR count). The lowest BCUT2D eigenvalue weighted by atomic mass is 9.89. The predicted molar refractivity (Wildman–Crippen MR) is 288 cm³/mol. The summed E-state index contributed by atoms with van der Waals surface area (Å²) in [4.78, 5) is 67.6. The van der Waals surface area contributed by atoms with Crippen molar-refractivity contribution in [3.8, 4) is 17.6 Å². The molecule has 2 aromatic heterocycles. The summed E-state index contributed by atoms with van der Waals surface area (Å²) in [5.74, 6) is 2.43. The zero-order valence-corrected chi connectivity index (χ0v) is 45.6. The van der Waals surface area contributed by atoms with E-state index in [0.717, 1.165) is 0 Å². The van der Waals surface area contributed by atoms with Crippen LogP contribution in [0.1, 0.15) is 89.0 Å². The number of nitrogen functional groups attached to an aromatic ring is 1. The number of ether oxygens (including phenoxy) is 4. The molecule has 2 heterocycles. The first-order chi connectivity index (χ1) is 36.7. The lowest BCUT2D eigenvalue weighted by Gasteiger charge is -2.24. The molecular weight excluding hydrogens is 1040 g/mol. The second-order valence-corrected chi connectivity index (χ2v) is 20.3. The number of benzene rings is 2. The van der Waals surface area contributed by atoms with Crippen molar-refractivity contribution in [2.45, 2.75) is 97.1 Å². The van der Waals surface area contributed by atoms with Crippen LogP contribution in [0.3, 0.4) is 0 Å². The first-order valence-electron chi connectivity index (χ1n) is 25.4. The van der Waals surface area contributed by atoms with Crippen molar-refractivity contribution < 1.29 is 70.5 Å². The minimum absolute atomic E-state index is 0. The Kier molecular flexibility index (Phi) is 25.5. The molecule has 25 heteroatoms. The molecule has 23 nitrogen and oxygen atoms in total. The van der Waals surface area contributed by atoms with Gasteiger partial charge in [0.15, 0.2) is 5.78 Å². The number of aromatic nitrogens is 3. The number of carbonyl (C=O) groups is 5. The Morgan fingerprint density at radius 1 is 0.962 bits per heavy atom. The molecule has 0 saturated heterocycles. The summed E-state index contributed by atoms with van der Waals surface area (Å²) in [5, 5.41) is 36.3. The largest absolute Gasteiger partial charge is 0.492 e. The van der Waals surface area contributed by atoms with E-state index in [1.54, 1.807) is 66.4 Å². The first kappa shape index (κ1) is 63.9. The van der Waals surface area contributed by atoms with Crippen LogP contribution in [0.25, 0.3) is 11.0 Å². The number of nitrogens with zero attached hydrogens (tertiary/aromatic N) is 3. The number of primary amides is 1. The highest BCUT2D eigenvalue weighted by Crippen LogP contribution is 2.38. The maximum absolute atomic E-state index is 15.2. The van der Waals surface area contributed by atoms with Gasteiger partial charge in [0.25, 0.3) is 10.2 Å². The number of aliphatic hydroxyl groups is 2. The van der Waals surface area contributed by atoms with Crippen LogP contribution < -0.4 is 46.6 Å². The zero-order valence-electron chi connectivity index (χ0n) is 44.8. The summed E-state index contributed by atoms with van der Waals surface area (Å²) >= 11 is 0. The molecule has 4 amide bonds. The molecule has 0 unspecified atom stereocenters. The average molecular weight is 1110 g/mol. The number of nitrogens with one attached hydrogen (secondary N) is 4. The smallest absolute Gasteiger partial charge is 0.312 e. The van der Waals surface area contributed by atoms with Gasteiger partial charge in [0, 0.05) is 49.9 Å². The third-order valence-electron chi connectivity index (χ3n) is 12.7. The third kappa shape index (κ3) is 19.4. The van der Waals surface area contributed by atoms with Gasteiger partial charge >= 0.3 is 6.03 Å². The maximum atomic E-state index is 15.2. The monoisotopic (exact) mass is 1110 g/mol. The molecule has 1 fully saturated rings. The van der Waals surface area contributed by atoms with Crippen molar-refractivity contribution in [1.82, 2.24) is 24.9 Å². The van der Waals surface area contributed by atoms with E-state index in [-0.39, 0.29) is 114 Å². The number of hydrogen-bond acceptors (Lipinski definition) is 15. The van der Waals surface area contributed by atoms with Crippen LogP contribution in [0.4, 0.5) is 20.7 Å². The topological polar surface area (TPSA) is 345 Å². The summed E-state index contributed by atoms with van der Waals surface area (Å²) in [5.41, 5.74) is 13.6. The van der Waals surface area contributed by atoms with Gasteiger partial charge in [-0.2, -0.15) is 8.42 Å². The van der Waals surface area contributed by atoms with Crippen LogP contribution in [-0.2, 0) is 50.1 Å². The summed E-state index contributed by atoms with van der Waals surface area (Å²) < 4.78 is 66.2. The molecule has 78 heavy (non-hydrogen) atoms. The highest BCUT2D eigenvalue weighted by atomic mass is 32.2. The maximum Gasteiger partial charge on any atom is 0.312 e. The van der Waals surface area contributed by atoms with E-state index in [4.69, 9.17) is 35.6 Å². The number of Topliss-reactive ketones (excluding diaryl/α,β-unsaturated/α-hetero) is 2. The number of aliphatic hydroxyl groups excluding tert-OH is 2. The van der Waals surface area contributed by atoms with E-state index in [1.165, 1.54) is 25.4 Å². The lowest BCUT2D eigenvalue weighted by molar-refractivity contribution is -0.668. The summed E-state index contributed by atoms with van der Waals surface area (Å²) in [6, 6.07) is 8.70. The van der Waals surface area contributed by atoms with Crippen LogP contribution in [0.15, 0.2) is 55.0 Å². The molecule has 1 aliphatic carbocycles. The second kappa shape index (κ2) is 31.1. The highest BCUT2D eigenvalue weighted by Gasteiger charge is 2.45. The summed E-state index contributed by atoms with van der Waals surface area (Å²) in [7, 11) is -4.12. The number of anilines is 2. The molecule has 12 N–H and O–H groups in total. The molecule has 0 bridgehead atoms. The van der Waals surface area contributed by atoms with Crippen LogP contribution in [0.5, 0.6) is 5.75 Å². The molecule has 0 radical (unpaired) electrons. The molecule has 1 aliphatic rings. The van der Waals surface area contributed by atoms with Gasteiger partial charge < -0.3 is 64.0 Å². The Hall–Kier alpha value is -6.63. The standard InChI is InChI=1S/C52H71FN10O13S.CH3/c1-5-76-43-10-6-9-40(53)39(43)16-13-36-30-63(41-26-37(47(67)48(41)68)28-59-77(56,71)72)51-45(36)49(54)58-31-62(51)29-34-11-14-38(15-12-34)60-50(69)35(8-7-19-57-52(55)70)27-42(65)46(32(2)3)61-44(66)18-21-74-23-25-75-24-22-73-20-17-33(4)64;/h6,9-12,14-15,30-32,35,37,41,46-48,54,59,67-68H,5,7-8,17-29H2,1-4H3,(H7,55,56,57,60,61,66,69,70,71,72);1H3/q;-1/p+1/t35-,37-,41-,46+,47-,48+;/m1./s1. The number of fused-ring (bicyclic) bond motifs is 1. The van der Waals surface area contributed by atoms with Crippen LogP contribution in [0, 0.1) is 42.8 Å². The van der Waals surface area contributed by atoms with E-state index in [1.807, 2.05) is 0 Å². The molecule has 6 atom stereocenters. The Morgan fingerprint density at radius 2 is 1.63 bits per heavy atom. The second-order valence-electron chi connectivity index (χ2n) is 19.0. The predicted octanol–water partition coefficient (Wildman–Crippen LogP) is 1.94. The van der Waals surface area contributed by atoms with Crippen LogP contribution in [-0.4, -0.2) is 135 Å². The molecular formula is C53H75FN10O13S. The van der Waals surface area contributed by atoms with E-state index >= 15 is 4.39 Å². The number of amides is 4. The number of halogens is 1. The quantitative estimate of drug-likeness (QED) is 0.0151. The fourth-order valence-electron chi connectivity index (χ4n) is 8.78. The average Bonchev–Trinajstić information content (AvgIpc) is 4.01. The van der Waals surface area contributed by atoms with Crippen molar-refractivity contribution in [3.05, 3.63) is 84.9 Å². The van der Waals surface area contributed by atoms with Gasteiger partial charge in [-0.3, -0.25) is 23.7 Å². The first-order valence-corrected chi connectivity index (χ1v) is 26.9. The number of nitrogens with two attached hydrogens (primary N) is 3. The van der Waals surface area contributed by atoms with E-state index < -0.39 is 70.0 Å². The number of rotatable bonds is 31.